The summed E-state index contributed by atoms with van der Waals surface area (Å²) < 4.78 is 6.04. The summed E-state index contributed by atoms with van der Waals surface area (Å²) in [5.41, 5.74) is 0.385. The number of ether oxygens (including phenoxy) is 1. The quantitative estimate of drug-likeness (QED) is 0.845. The number of piperidine rings is 1. The van der Waals surface area contributed by atoms with Crippen molar-refractivity contribution in [2.75, 3.05) is 26.2 Å². The number of aliphatic hydroxyl groups excluding tert-OH is 1. The molecule has 1 saturated heterocycles. The molecule has 0 radical (unpaired) electrons. The van der Waals surface area contributed by atoms with Gasteiger partial charge >= 0.3 is 0 Å². The molecule has 3 heteroatoms. The molecular weight excluding hydrogens is 262 g/mol. The lowest BCUT2D eigenvalue weighted by Gasteiger charge is -2.39. The minimum atomic E-state index is -0.337. The maximum absolute atomic E-state index is 10.2. The third kappa shape index (κ3) is 5.88. The number of hydrogen-bond donors (Lipinski definition) is 1. The SMILES string of the molecule is C[C@@H]1CCCN(C[C@H](O)CO[C@H]2C[C@H](C)CC(C)(C)C2)C1. The molecule has 0 bridgehead atoms. The van der Waals surface area contributed by atoms with E-state index in [2.05, 4.69) is 32.6 Å². The highest BCUT2D eigenvalue weighted by Gasteiger charge is 2.32. The molecule has 1 aliphatic heterocycles. The Morgan fingerprint density at radius 2 is 2.00 bits per heavy atom. The van der Waals surface area contributed by atoms with Gasteiger partial charge < -0.3 is 14.7 Å². The van der Waals surface area contributed by atoms with Crippen LogP contribution in [0.3, 0.4) is 0 Å². The molecule has 0 amide bonds. The number of likely N-dealkylation sites (tertiary alicyclic amines) is 1. The number of rotatable bonds is 5. The first-order valence-electron chi connectivity index (χ1n) is 8.86. The molecule has 3 nitrogen and oxygen atoms in total. The molecule has 4 atom stereocenters. The van der Waals surface area contributed by atoms with Crippen molar-refractivity contribution in [1.82, 2.24) is 4.90 Å². The molecule has 0 spiro atoms. The predicted molar refractivity (Wildman–Crippen MR) is 87.4 cm³/mol. The molecule has 1 aliphatic carbocycles. The van der Waals surface area contributed by atoms with E-state index in [-0.39, 0.29) is 6.10 Å². The first kappa shape index (κ1) is 17.2. The lowest BCUT2D eigenvalue weighted by atomic mass is 9.71. The average Bonchev–Trinajstić information content (AvgIpc) is 2.34. The molecule has 2 aliphatic rings. The predicted octanol–water partition coefficient (Wildman–Crippen LogP) is 3.31. The number of aliphatic hydroxyl groups is 1. The summed E-state index contributed by atoms with van der Waals surface area (Å²) in [4.78, 5) is 2.40. The van der Waals surface area contributed by atoms with Crippen LogP contribution in [0.4, 0.5) is 0 Å². The molecule has 0 aromatic carbocycles. The van der Waals surface area contributed by atoms with Crippen LogP contribution >= 0.6 is 0 Å². The number of nitrogens with zero attached hydrogens (tertiary/aromatic N) is 1. The highest BCUT2D eigenvalue weighted by Crippen LogP contribution is 2.39. The summed E-state index contributed by atoms with van der Waals surface area (Å²) in [5, 5.41) is 10.2. The van der Waals surface area contributed by atoms with E-state index in [0.29, 0.717) is 18.1 Å². The Kier molecular flexibility index (Phi) is 6.10. The van der Waals surface area contributed by atoms with Crippen molar-refractivity contribution in [1.29, 1.82) is 0 Å². The van der Waals surface area contributed by atoms with Gasteiger partial charge in [-0.2, -0.15) is 0 Å². The zero-order chi connectivity index (χ0) is 15.5. The zero-order valence-electron chi connectivity index (χ0n) is 14.5. The van der Waals surface area contributed by atoms with Crippen molar-refractivity contribution in [2.24, 2.45) is 17.3 Å². The van der Waals surface area contributed by atoms with Crippen LogP contribution in [0.5, 0.6) is 0 Å². The van der Waals surface area contributed by atoms with Gasteiger partial charge in [-0.05, 0) is 55.9 Å². The second-order valence-corrected chi connectivity index (χ2v) is 8.53. The van der Waals surface area contributed by atoms with Crippen LogP contribution in [0.1, 0.15) is 59.8 Å². The van der Waals surface area contributed by atoms with Crippen LogP contribution < -0.4 is 0 Å². The minimum absolute atomic E-state index is 0.332. The van der Waals surface area contributed by atoms with Gasteiger partial charge in [-0.3, -0.25) is 0 Å². The van der Waals surface area contributed by atoms with Gasteiger partial charge in [0.05, 0.1) is 18.8 Å². The average molecular weight is 297 g/mol. The van der Waals surface area contributed by atoms with Crippen molar-refractivity contribution in [2.45, 2.75) is 72.0 Å². The Morgan fingerprint density at radius 3 is 2.67 bits per heavy atom. The van der Waals surface area contributed by atoms with E-state index in [0.717, 1.165) is 44.3 Å². The van der Waals surface area contributed by atoms with Gasteiger partial charge in [0.1, 0.15) is 0 Å². The van der Waals surface area contributed by atoms with Gasteiger partial charge in [0.15, 0.2) is 0 Å². The van der Waals surface area contributed by atoms with E-state index in [1.165, 1.54) is 19.3 Å². The fourth-order valence-electron chi connectivity index (χ4n) is 4.44. The Hall–Kier alpha value is -0.120. The van der Waals surface area contributed by atoms with Crippen LogP contribution in [0.15, 0.2) is 0 Å². The largest absolute Gasteiger partial charge is 0.389 e. The van der Waals surface area contributed by atoms with Crippen LogP contribution in [-0.2, 0) is 4.74 Å². The summed E-state index contributed by atoms with van der Waals surface area (Å²) in [6.07, 6.45) is 6.17. The monoisotopic (exact) mass is 297 g/mol. The van der Waals surface area contributed by atoms with Gasteiger partial charge in [-0.15, -0.1) is 0 Å². The second kappa shape index (κ2) is 7.43. The highest BCUT2D eigenvalue weighted by atomic mass is 16.5. The summed E-state index contributed by atoms with van der Waals surface area (Å²) in [6.45, 7) is 12.8. The third-order valence-electron chi connectivity index (χ3n) is 5.08. The minimum Gasteiger partial charge on any atom is -0.389 e. The number of β-amino-alcohol motifs (C(OH)–C–C–N with tert-alkyl or cyclic N) is 1. The van der Waals surface area contributed by atoms with Crippen molar-refractivity contribution in [3.63, 3.8) is 0 Å². The fourth-order valence-corrected chi connectivity index (χ4v) is 4.44. The van der Waals surface area contributed by atoms with Crippen molar-refractivity contribution >= 4 is 0 Å². The van der Waals surface area contributed by atoms with Crippen molar-refractivity contribution < 1.29 is 9.84 Å². The molecule has 2 fully saturated rings. The van der Waals surface area contributed by atoms with Crippen molar-refractivity contribution in [3.05, 3.63) is 0 Å². The maximum Gasteiger partial charge on any atom is 0.0900 e. The number of hydrogen-bond acceptors (Lipinski definition) is 3. The van der Waals surface area contributed by atoms with Gasteiger partial charge in [0.25, 0.3) is 0 Å². The summed E-state index contributed by atoms with van der Waals surface area (Å²) in [5.74, 6) is 1.51. The molecule has 1 heterocycles. The third-order valence-corrected chi connectivity index (χ3v) is 5.08. The first-order chi connectivity index (χ1) is 9.84. The van der Waals surface area contributed by atoms with Gasteiger partial charge in [0.2, 0.25) is 0 Å². The molecular formula is C18H35NO2. The van der Waals surface area contributed by atoms with Crippen LogP contribution in [0.25, 0.3) is 0 Å². The van der Waals surface area contributed by atoms with E-state index in [4.69, 9.17) is 4.74 Å². The standard InChI is InChI=1S/C18H35NO2/c1-14-6-5-7-19(11-14)12-16(20)13-21-17-8-15(2)9-18(3,4)10-17/h14-17,20H,5-13H2,1-4H3/t14-,15+,16+,17+/m1/s1. The lowest BCUT2D eigenvalue weighted by molar-refractivity contribution is -0.0630. The van der Waals surface area contributed by atoms with E-state index in [1.807, 2.05) is 0 Å². The summed E-state index contributed by atoms with van der Waals surface area (Å²) in [6, 6.07) is 0. The van der Waals surface area contributed by atoms with Gasteiger partial charge in [-0.25, -0.2) is 0 Å². The molecule has 21 heavy (non-hydrogen) atoms. The normalized spacial score (nSPS) is 35.6. The van der Waals surface area contributed by atoms with E-state index in [9.17, 15) is 5.11 Å². The smallest absolute Gasteiger partial charge is 0.0900 e. The second-order valence-electron chi connectivity index (χ2n) is 8.53. The molecule has 2 rings (SSSR count). The lowest BCUT2D eigenvalue weighted by Crippen LogP contribution is -2.42. The summed E-state index contributed by atoms with van der Waals surface area (Å²) >= 11 is 0. The topological polar surface area (TPSA) is 32.7 Å². The molecule has 0 aromatic heterocycles. The Morgan fingerprint density at radius 1 is 1.24 bits per heavy atom. The van der Waals surface area contributed by atoms with E-state index in [1.54, 1.807) is 0 Å². The van der Waals surface area contributed by atoms with Crippen LogP contribution in [-0.4, -0.2) is 48.5 Å². The van der Waals surface area contributed by atoms with Gasteiger partial charge in [-0.1, -0.05) is 27.7 Å². The molecule has 124 valence electrons. The molecule has 1 saturated carbocycles. The zero-order valence-corrected chi connectivity index (χ0v) is 14.5. The molecule has 0 unspecified atom stereocenters. The Balaban J connectivity index is 1.69. The fraction of sp³-hybridized carbons (Fsp3) is 1.00. The van der Waals surface area contributed by atoms with E-state index < -0.39 is 0 Å². The summed E-state index contributed by atoms with van der Waals surface area (Å²) in [7, 11) is 0. The Labute approximate surface area is 131 Å². The van der Waals surface area contributed by atoms with Crippen LogP contribution in [0, 0.1) is 17.3 Å². The van der Waals surface area contributed by atoms with Gasteiger partial charge in [0, 0.05) is 13.1 Å². The maximum atomic E-state index is 10.2. The highest BCUT2D eigenvalue weighted by molar-refractivity contribution is 4.83. The molecule has 1 N–H and O–H groups in total. The molecule has 0 aromatic rings. The first-order valence-corrected chi connectivity index (χ1v) is 8.86. The van der Waals surface area contributed by atoms with E-state index >= 15 is 0 Å². The van der Waals surface area contributed by atoms with Crippen molar-refractivity contribution in [3.8, 4) is 0 Å². The van der Waals surface area contributed by atoms with Crippen LogP contribution in [0.2, 0.25) is 0 Å². The Bertz CT molecular complexity index is 318.